The number of hydrogen-bond donors (Lipinski definition) is 4. The fraction of sp³-hybridized carbons (Fsp3) is 0.727. The zero-order chi connectivity index (χ0) is 49.6. The van der Waals surface area contributed by atoms with Crippen molar-refractivity contribution in [3.05, 3.63) is 85.1 Å². The second kappa shape index (κ2) is 45.4. The lowest BCUT2D eigenvalue weighted by atomic mass is 9.99. The number of aliphatic hydroxyl groups is 3. The van der Waals surface area contributed by atoms with Gasteiger partial charge in [0.15, 0.2) is 6.29 Å². The van der Waals surface area contributed by atoms with Crippen LogP contribution in [-0.4, -0.2) is 97.5 Å². The Labute approximate surface area is 413 Å². The molecule has 0 bridgehead atoms. The summed E-state index contributed by atoms with van der Waals surface area (Å²) in [7, 11) is -5.07. The molecule has 1 saturated heterocycles. The Bertz CT molecular complexity index is 1500. The Morgan fingerprint density at radius 1 is 0.574 bits per heavy atom. The lowest BCUT2D eigenvalue weighted by Gasteiger charge is -2.41. The topological polar surface area (TPSA) is 178 Å². The highest BCUT2D eigenvalue weighted by Gasteiger charge is 2.48. The van der Waals surface area contributed by atoms with Crippen LogP contribution in [0.25, 0.3) is 0 Å². The van der Waals surface area contributed by atoms with Gasteiger partial charge >= 0.3 is 16.4 Å². The van der Waals surface area contributed by atoms with Crippen LogP contribution in [0.1, 0.15) is 194 Å². The first kappa shape index (κ1) is 63.3. The molecule has 4 N–H and O–H groups in total. The summed E-state index contributed by atoms with van der Waals surface area (Å²) in [5, 5.41) is 30.8. The Balaban J connectivity index is 2.37. The van der Waals surface area contributed by atoms with Crippen molar-refractivity contribution in [3.8, 4) is 0 Å². The van der Waals surface area contributed by atoms with Crippen LogP contribution >= 0.6 is 0 Å². The smallest absolute Gasteiger partial charge is 0.397 e. The maximum atomic E-state index is 12.9. The van der Waals surface area contributed by atoms with Gasteiger partial charge in [-0.05, 0) is 89.9 Å². The minimum absolute atomic E-state index is 0.0216. The molecule has 6 atom stereocenters. The fourth-order valence-electron chi connectivity index (χ4n) is 7.55. The molecule has 0 aromatic carbocycles. The Morgan fingerprint density at radius 3 is 1.49 bits per heavy atom. The molecule has 0 radical (unpaired) electrons. The monoisotopic (exact) mass is 979 g/mol. The van der Waals surface area contributed by atoms with Gasteiger partial charge < -0.3 is 34.3 Å². The van der Waals surface area contributed by atoms with Gasteiger partial charge in [0.25, 0.3) is 0 Å². The van der Waals surface area contributed by atoms with Crippen molar-refractivity contribution in [2.45, 2.75) is 230 Å². The van der Waals surface area contributed by atoms with Crippen molar-refractivity contribution < 1.29 is 56.2 Å². The Morgan fingerprint density at radius 2 is 1.01 bits per heavy atom. The largest absolute Gasteiger partial charge is 0.457 e. The number of aliphatic hydroxyl groups excluding tert-OH is 3. The molecule has 1 fully saturated rings. The zero-order valence-electron chi connectivity index (χ0n) is 42.1. The van der Waals surface area contributed by atoms with Crippen LogP contribution in [0.4, 0.5) is 0 Å². The maximum absolute atomic E-state index is 12.9. The first-order valence-corrected chi connectivity index (χ1v) is 27.7. The molecule has 0 saturated carbocycles. The van der Waals surface area contributed by atoms with E-state index in [1.54, 1.807) is 0 Å². The summed E-state index contributed by atoms with van der Waals surface area (Å²) in [6.07, 6.45) is 51.8. The lowest BCUT2D eigenvalue weighted by Crippen LogP contribution is -2.60. The number of unbranched alkanes of at least 4 members (excludes halogenated alkanes) is 18. The van der Waals surface area contributed by atoms with Crippen LogP contribution in [0.2, 0.25) is 0 Å². The van der Waals surface area contributed by atoms with Crippen LogP contribution in [0, 0.1) is 0 Å². The molecule has 0 aliphatic carbocycles. The summed E-state index contributed by atoms with van der Waals surface area (Å²) in [5.74, 6) is -0.416. The molecule has 0 amide bonds. The van der Waals surface area contributed by atoms with Crippen LogP contribution in [-0.2, 0) is 38.3 Å². The van der Waals surface area contributed by atoms with Gasteiger partial charge in [0.1, 0.15) is 30.5 Å². The summed E-state index contributed by atoms with van der Waals surface area (Å²) in [6, 6.07) is 0. The average molecular weight is 979 g/mol. The minimum atomic E-state index is -5.07. The highest BCUT2D eigenvalue weighted by molar-refractivity contribution is 7.80. The molecule has 0 aromatic heterocycles. The number of carbonyl (C=O) groups excluding carboxylic acids is 1. The fourth-order valence-corrected chi connectivity index (χ4v) is 8.06. The number of allylic oxidation sites excluding steroid dienone is 14. The lowest BCUT2D eigenvalue weighted by molar-refractivity contribution is -0.301. The third kappa shape index (κ3) is 38.1. The standard InChI is InChI=1S/C55H94O12S/c1-3-5-7-9-11-13-15-17-19-21-23-24-25-27-29-31-33-35-37-39-41-43-45-63-47-49(48-64-55-53(59)54(67-68(60,61)62)52(58)50(46-56)66-55)65-51(57)44-42-40-38-36-34-32-30-28-26-22-20-18-16-14-12-10-8-6-4-2/h5,7,11-14,17-20,23-24,26,28,49-50,52-56,58-59H,3-4,6,8-10,15-16,21-22,25,27,29-48H2,1-2H3,(H,60,61,62)/b7-5-,13-11-,14-12-,19-17-,20-18-,24-23-,28-26-. The van der Waals surface area contributed by atoms with Crippen LogP contribution < -0.4 is 0 Å². The first-order chi connectivity index (χ1) is 33.1. The summed E-state index contributed by atoms with van der Waals surface area (Å²) >= 11 is 0. The highest BCUT2D eigenvalue weighted by Crippen LogP contribution is 2.26. The second-order valence-electron chi connectivity index (χ2n) is 17.7. The second-order valence-corrected chi connectivity index (χ2v) is 18.8. The third-order valence-corrected chi connectivity index (χ3v) is 12.0. The number of esters is 1. The number of ether oxygens (including phenoxy) is 4. The van der Waals surface area contributed by atoms with Crippen molar-refractivity contribution in [2.75, 3.05) is 26.4 Å². The van der Waals surface area contributed by atoms with E-state index < -0.39 is 59.8 Å². The molecule has 0 spiro atoms. The van der Waals surface area contributed by atoms with E-state index >= 15 is 0 Å². The predicted molar refractivity (Wildman–Crippen MR) is 275 cm³/mol. The van der Waals surface area contributed by atoms with E-state index in [9.17, 15) is 33.1 Å². The molecule has 68 heavy (non-hydrogen) atoms. The maximum Gasteiger partial charge on any atom is 0.397 e. The van der Waals surface area contributed by atoms with Gasteiger partial charge in [-0.25, -0.2) is 4.18 Å². The number of carbonyl (C=O) groups is 1. The van der Waals surface area contributed by atoms with Crippen molar-refractivity contribution in [3.63, 3.8) is 0 Å². The molecule has 13 heteroatoms. The molecule has 1 aliphatic heterocycles. The minimum Gasteiger partial charge on any atom is -0.457 e. The Kier molecular flexibility index (Phi) is 42.3. The molecule has 0 aromatic rings. The number of rotatable bonds is 45. The predicted octanol–water partition coefficient (Wildman–Crippen LogP) is 12.4. The van der Waals surface area contributed by atoms with Gasteiger partial charge in [0.05, 0.1) is 19.8 Å². The van der Waals surface area contributed by atoms with Gasteiger partial charge in [0.2, 0.25) is 0 Å². The molecular formula is C55H94O12S. The van der Waals surface area contributed by atoms with Gasteiger partial charge in [-0.2, -0.15) is 8.42 Å². The van der Waals surface area contributed by atoms with Crippen molar-refractivity contribution in [1.82, 2.24) is 0 Å². The van der Waals surface area contributed by atoms with Gasteiger partial charge in [-0.15, -0.1) is 0 Å². The molecule has 12 nitrogen and oxygen atoms in total. The molecule has 1 aliphatic rings. The number of hydrogen-bond acceptors (Lipinski definition) is 11. The highest BCUT2D eigenvalue weighted by atomic mass is 32.3. The van der Waals surface area contributed by atoms with E-state index in [0.29, 0.717) is 13.0 Å². The first-order valence-electron chi connectivity index (χ1n) is 26.3. The average Bonchev–Trinajstić information content (AvgIpc) is 3.31. The molecule has 1 rings (SSSR count). The van der Waals surface area contributed by atoms with Gasteiger partial charge in [-0.3, -0.25) is 9.35 Å². The van der Waals surface area contributed by atoms with E-state index in [-0.39, 0.29) is 19.6 Å². The molecule has 392 valence electrons. The molecule has 1 heterocycles. The van der Waals surface area contributed by atoms with Crippen molar-refractivity contribution in [2.24, 2.45) is 0 Å². The summed E-state index contributed by atoms with van der Waals surface area (Å²) in [5.41, 5.74) is 0. The summed E-state index contributed by atoms with van der Waals surface area (Å²) in [4.78, 5) is 12.9. The van der Waals surface area contributed by atoms with E-state index in [1.165, 1.54) is 64.2 Å². The normalized spacial score (nSPS) is 20.0. The SMILES string of the molecule is CC/C=C\C/C=C\C/C=C\C/C=C\CCCCCCCCCCCOCC(COC1OC(CO)C(O)C(OS(=O)(=O)O)C1O)OC(=O)CCCCCCCC/C=C\C/C=C\C/C=C\CCCCC. The van der Waals surface area contributed by atoms with E-state index in [0.717, 1.165) is 103 Å². The van der Waals surface area contributed by atoms with E-state index in [2.05, 4.69) is 103 Å². The third-order valence-electron chi connectivity index (χ3n) is 11.5. The summed E-state index contributed by atoms with van der Waals surface area (Å²) < 4.78 is 59.3. The quantitative estimate of drug-likeness (QED) is 0.0197. The van der Waals surface area contributed by atoms with E-state index in [4.69, 9.17) is 18.9 Å². The van der Waals surface area contributed by atoms with Crippen molar-refractivity contribution >= 4 is 16.4 Å². The van der Waals surface area contributed by atoms with Crippen LogP contribution in [0.15, 0.2) is 85.1 Å². The van der Waals surface area contributed by atoms with Crippen molar-refractivity contribution in [1.29, 1.82) is 0 Å². The van der Waals surface area contributed by atoms with Gasteiger partial charge in [0, 0.05) is 13.0 Å². The molecule has 6 unspecified atom stereocenters. The van der Waals surface area contributed by atoms with E-state index in [1.807, 2.05) is 0 Å². The summed E-state index contributed by atoms with van der Waals surface area (Å²) in [6.45, 7) is 3.82. The Hall–Kier alpha value is -2.72. The zero-order valence-corrected chi connectivity index (χ0v) is 43.0. The van der Waals surface area contributed by atoms with Crippen LogP contribution in [0.5, 0.6) is 0 Å². The molecular weight excluding hydrogens is 885 g/mol. The van der Waals surface area contributed by atoms with Crippen LogP contribution in [0.3, 0.4) is 0 Å². The van der Waals surface area contributed by atoms with Gasteiger partial charge in [-0.1, -0.05) is 182 Å².